The maximum Gasteiger partial charge on any atom is 0.255 e. The van der Waals surface area contributed by atoms with Crippen LogP contribution in [0.2, 0.25) is 5.02 Å². The molecule has 0 radical (unpaired) electrons. The Balaban J connectivity index is 1.45. The number of aryl methyl sites for hydroxylation is 1. The quantitative estimate of drug-likeness (QED) is 0.700. The summed E-state index contributed by atoms with van der Waals surface area (Å²) in [6.07, 6.45) is 0.918. The number of carbonyl (C=O) groups excluding carboxylic acids is 1. The van der Waals surface area contributed by atoms with Gasteiger partial charge in [-0.3, -0.25) is 4.79 Å². The number of hydrogen-bond acceptors (Lipinski definition) is 4. The number of benzene rings is 2. The molecule has 1 aliphatic rings. The molecule has 1 N–H and O–H groups in total. The third-order valence-corrected chi connectivity index (χ3v) is 5.84. The molecule has 0 unspecified atom stereocenters. The van der Waals surface area contributed by atoms with Gasteiger partial charge in [-0.05, 0) is 49.5 Å². The Morgan fingerprint density at radius 3 is 2.52 bits per heavy atom. The van der Waals surface area contributed by atoms with E-state index in [4.69, 9.17) is 16.6 Å². The van der Waals surface area contributed by atoms with Crippen molar-refractivity contribution in [3.05, 3.63) is 58.9 Å². The Kier molecular flexibility index (Phi) is 5.85. The zero-order valence-electron chi connectivity index (χ0n) is 16.9. The van der Waals surface area contributed by atoms with Gasteiger partial charge in [-0.25, -0.2) is 4.98 Å². The van der Waals surface area contributed by atoms with E-state index < -0.39 is 0 Å². The Bertz CT molecular complexity index is 1010. The summed E-state index contributed by atoms with van der Waals surface area (Å²) in [4.78, 5) is 22.1. The van der Waals surface area contributed by atoms with E-state index in [1.807, 2.05) is 18.2 Å². The van der Waals surface area contributed by atoms with Crippen LogP contribution in [0.1, 0.15) is 16.2 Å². The number of nitrogens with one attached hydrogen (secondary N) is 1. The van der Waals surface area contributed by atoms with Crippen molar-refractivity contribution in [3.8, 4) is 0 Å². The zero-order valence-corrected chi connectivity index (χ0v) is 17.6. The van der Waals surface area contributed by atoms with Gasteiger partial charge in [0.25, 0.3) is 5.91 Å². The van der Waals surface area contributed by atoms with Crippen molar-refractivity contribution in [3.63, 3.8) is 0 Å². The van der Waals surface area contributed by atoms with Crippen LogP contribution in [0, 0.1) is 0 Å². The molecule has 0 aliphatic carbocycles. The molecule has 6 nitrogen and oxygen atoms in total. The number of nitrogens with zero attached hydrogens (tertiary/aromatic N) is 4. The van der Waals surface area contributed by atoms with Gasteiger partial charge in [0.2, 0.25) is 0 Å². The Labute approximate surface area is 176 Å². The largest absolute Gasteiger partial charge is 0.331 e. The molecule has 1 saturated heterocycles. The van der Waals surface area contributed by atoms with E-state index in [1.165, 1.54) is 0 Å². The first-order chi connectivity index (χ1) is 14.0. The number of carbonyl (C=O) groups is 1. The molecular formula is C22H26ClN5O. The van der Waals surface area contributed by atoms with E-state index in [-0.39, 0.29) is 5.91 Å². The Hall–Kier alpha value is -2.41. The maximum absolute atomic E-state index is 12.4. The van der Waals surface area contributed by atoms with E-state index in [0.717, 1.165) is 61.7 Å². The van der Waals surface area contributed by atoms with Gasteiger partial charge in [0, 0.05) is 62.5 Å². The predicted octanol–water partition coefficient (Wildman–Crippen LogP) is 3.27. The second-order valence-corrected chi connectivity index (χ2v) is 8.08. The number of hydrogen-bond donors (Lipinski definition) is 1. The van der Waals surface area contributed by atoms with Crippen molar-refractivity contribution in [1.82, 2.24) is 19.4 Å². The molecule has 29 heavy (non-hydrogen) atoms. The lowest BCUT2D eigenvalue weighted by Crippen LogP contribution is -2.45. The van der Waals surface area contributed by atoms with Crippen LogP contribution in [0.15, 0.2) is 42.5 Å². The molecule has 1 aliphatic heterocycles. The average Bonchev–Trinajstić information content (AvgIpc) is 3.03. The van der Waals surface area contributed by atoms with Gasteiger partial charge >= 0.3 is 0 Å². The molecule has 2 aromatic carbocycles. The Morgan fingerprint density at radius 1 is 1.07 bits per heavy atom. The number of halogens is 1. The number of aromatic nitrogens is 2. The van der Waals surface area contributed by atoms with Crippen molar-refractivity contribution in [2.75, 3.05) is 45.1 Å². The molecule has 7 heteroatoms. The molecule has 3 aromatic rings. The summed E-state index contributed by atoms with van der Waals surface area (Å²) < 4.78 is 2.15. The van der Waals surface area contributed by atoms with Gasteiger partial charge in [-0.2, -0.15) is 0 Å². The molecule has 1 amide bonds. The second-order valence-electron chi connectivity index (χ2n) is 7.65. The lowest BCUT2D eigenvalue weighted by Gasteiger charge is -2.32. The molecule has 0 bridgehead atoms. The number of anilines is 1. The van der Waals surface area contributed by atoms with Crippen molar-refractivity contribution in [2.24, 2.45) is 7.05 Å². The van der Waals surface area contributed by atoms with Crippen molar-refractivity contribution in [2.45, 2.75) is 6.42 Å². The SMILES string of the molecule is CN1CCN(CCc2nc3cc(NC(=O)c4ccc(Cl)cc4)ccc3n2C)CC1. The monoisotopic (exact) mass is 411 g/mol. The fraction of sp³-hybridized carbons (Fsp3) is 0.364. The summed E-state index contributed by atoms with van der Waals surface area (Å²) in [6, 6.07) is 12.7. The topological polar surface area (TPSA) is 53.4 Å². The van der Waals surface area contributed by atoms with Crippen LogP contribution in [0.25, 0.3) is 11.0 Å². The van der Waals surface area contributed by atoms with Crippen LogP contribution in [-0.2, 0) is 13.5 Å². The van der Waals surface area contributed by atoms with Crippen LogP contribution in [0.3, 0.4) is 0 Å². The molecule has 4 rings (SSSR count). The van der Waals surface area contributed by atoms with Crippen molar-refractivity contribution >= 4 is 34.2 Å². The molecule has 0 atom stereocenters. The van der Waals surface area contributed by atoms with Gasteiger partial charge in [-0.15, -0.1) is 0 Å². The third kappa shape index (κ3) is 4.61. The molecule has 2 heterocycles. The van der Waals surface area contributed by atoms with E-state index in [2.05, 4.69) is 33.8 Å². The maximum atomic E-state index is 12.4. The minimum Gasteiger partial charge on any atom is -0.331 e. The number of fused-ring (bicyclic) bond motifs is 1. The average molecular weight is 412 g/mol. The first-order valence-corrected chi connectivity index (χ1v) is 10.3. The van der Waals surface area contributed by atoms with E-state index in [0.29, 0.717) is 10.6 Å². The molecule has 0 spiro atoms. The number of likely N-dealkylation sites (N-methyl/N-ethyl adjacent to an activating group) is 1. The van der Waals surface area contributed by atoms with E-state index in [1.54, 1.807) is 24.3 Å². The van der Waals surface area contributed by atoms with Gasteiger partial charge < -0.3 is 19.7 Å². The highest BCUT2D eigenvalue weighted by Gasteiger charge is 2.15. The van der Waals surface area contributed by atoms with Crippen LogP contribution in [-0.4, -0.2) is 65.0 Å². The number of amides is 1. The minimum atomic E-state index is -0.160. The fourth-order valence-electron chi connectivity index (χ4n) is 3.69. The lowest BCUT2D eigenvalue weighted by atomic mass is 10.2. The normalized spacial score (nSPS) is 15.7. The minimum absolute atomic E-state index is 0.160. The molecule has 0 saturated carbocycles. The third-order valence-electron chi connectivity index (χ3n) is 5.59. The van der Waals surface area contributed by atoms with Crippen LogP contribution < -0.4 is 5.32 Å². The van der Waals surface area contributed by atoms with Crippen molar-refractivity contribution < 1.29 is 4.79 Å². The standard InChI is InChI=1S/C22H26ClN5O/c1-26-11-13-28(14-12-26)10-9-21-25-19-15-18(7-8-20(19)27(21)2)24-22(29)16-3-5-17(23)6-4-16/h3-8,15H,9-14H2,1-2H3,(H,24,29). The predicted molar refractivity (Wildman–Crippen MR) is 118 cm³/mol. The summed E-state index contributed by atoms with van der Waals surface area (Å²) in [6.45, 7) is 5.49. The number of rotatable bonds is 5. The highest BCUT2D eigenvalue weighted by atomic mass is 35.5. The van der Waals surface area contributed by atoms with Gasteiger partial charge in [0.15, 0.2) is 0 Å². The van der Waals surface area contributed by atoms with E-state index in [9.17, 15) is 4.79 Å². The summed E-state index contributed by atoms with van der Waals surface area (Å²) >= 11 is 5.89. The lowest BCUT2D eigenvalue weighted by molar-refractivity contribution is 0.102. The molecular weight excluding hydrogens is 386 g/mol. The molecule has 1 fully saturated rings. The first-order valence-electron chi connectivity index (χ1n) is 9.93. The zero-order chi connectivity index (χ0) is 20.4. The van der Waals surface area contributed by atoms with Gasteiger partial charge in [0.05, 0.1) is 11.0 Å². The van der Waals surface area contributed by atoms with Gasteiger partial charge in [-0.1, -0.05) is 11.6 Å². The second kappa shape index (κ2) is 8.53. The summed E-state index contributed by atoms with van der Waals surface area (Å²) in [5.41, 5.74) is 3.28. The van der Waals surface area contributed by atoms with Gasteiger partial charge in [0.1, 0.15) is 5.82 Å². The highest BCUT2D eigenvalue weighted by molar-refractivity contribution is 6.30. The van der Waals surface area contributed by atoms with Crippen LogP contribution in [0.4, 0.5) is 5.69 Å². The fourth-order valence-corrected chi connectivity index (χ4v) is 3.81. The van der Waals surface area contributed by atoms with Crippen molar-refractivity contribution in [1.29, 1.82) is 0 Å². The Morgan fingerprint density at radius 2 is 1.79 bits per heavy atom. The van der Waals surface area contributed by atoms with Crippen LogP contribution >= 0.6 is 11.6 Å². The summed E-state index contributed by atoms with van der Waals surface area (Å²) in [7, 11) is 4.23. The molecule has 152 valence electrons. The number of imidazole rings is 1. The summed E-state index contributed by atoms with van der Waals surface area (Å²) in [5.74, 6) is 0.910. The highest BCUT2D eigenvalue weighted by Crippen LogP contribution is 2.21. The smallest absolute Gasteiger partial charge is 0.255 e. The summed E-state index contributed by atoms with van der Waals surface area (Å²) in [5, 5.41) is 3.55. The molecule has 1 aromatic heterocycles. The van der Waals surface area contributed by atoms with E-state index >= 15 is 0 Å². The van der Waals surface area contributed by atoms with Crippen LogP contribution in [0.5, 0.6) is 0 Å². The first kappa shape index (κ1) is 19.9. The number of piperazine rings is 1.